The van der Waals surface area contributed by atoms with Crippen LogP contribution < -0.4 is 11.1 Å². The number of anilines is 1. The number of carboxylic acid groups (broad SMARTS) is 1. The molecule has 1 amide bonds. The minimum atomic E-state index is -3.15. The summed E-state index contributed by atoms with van der Waals surface area (Å²) < 4.78 is 43.7. The number of carbonyl (C=O) groups excluding carboxylic acids is 1. The summed E-state index contributed by atoms with van der Waals surface area (Å²) in [6.07, 6.45) is -3.15. The van der Waals surface area contributed by atoms with Crippen LogP contribution in [-0.2, 0) is 19.9 Å². The van der Waals surface area contributed by atoms with Crippen molar-refractivity contribution in [1.29, 1.82) is 0 Å². The van der Waals surface area contributed by atoms with E-state index in [1.54, 1.807) is 6.92 Å². The molecule has 2 rings (SSSR count). The lowest BCUT2D eigenvalue weighted by Gasteiger charge is -2.30. The first-order valence-electron chi connectivity index (χ1n) is 6.62. The van der Waals surface area contributed by atoms with Crippen molar-refractivity contribution >= 4 is 23.9 Å². The third-order valence-electron chi connectivity index (χ3n) is 3.04. The van der Waals surface area contributed by atoms with E-state index in [-0.39, 0.29) is 36.8 Å². The quantitative estimate of drug-likeness (QED) is 0.714. The molecule has 0 radical (unpaired) electrons. The smallest absolute Gasteiger partial charge is 0.315 e. The van der Waals surface area contributed by atoms with Crippen molar-refractivity contribution in [3.63, 3.8) is 0 Å². The molecule has 1 heterocycles. The molecule has 1 aliphatic heterocycles. The highest BCUT2D eigenvalue weighted by molar-refractivity contribution is 5.93. The van der Waals surface area contributed by atoms with Crippen molar-refractivity contribution in [1.82, 2.24) is 0 Å². The summed E-state index contributed by atoms with van der Waals surface area (Å²) in [5, 5.41) is 8.89. The Labute approximate surface area is 135 Å². The van der Waals surface area contributed by atoms with Gasteiger partial charge >= 0.3 is 6.43 Å². The lowest BCUT2D eigenvalue weighted by Crippen LogP contribution is -2.38. The largest absolute Gasteiger partial charge is 0.483 e. The first-order valence-corrected chi connectivity index (χ1v) is 6.62. The van der Waals surface area contributed by atoms with Crippen LogP contribution in [0.5, 0.6) is 0 Å². The third-order valence-corrected chi connectivity index (χ3v) is 3.04. The number of nitrogens with zero attached hydrogens (tertiary/aromatic N) is 1. The Bertz CT molecular complexity index is 640. The fourth-order valence-corrected chi connectivity index (χ4v) is 2.09. The van der Waals surface area contributed by atoms with Gasteiger partial charge in [0.2, 0.25) is 0 Å². The molecule has 7 nitrogen and oxygen atoms in total. The first kappa shape index (κ1) is 19.4. The van der Waals surface area contributed by atoms with Gasteiger partial charge < -0.3 is 20.9 Å². The second-order valence-electron chi connectivity index (χ2n) is 4.96. The van der Waals surface area contributed by atoms with E-state index in [4.69, 9.17) is 20.4 Å². The number of amidine groups is 1. The minimum Gasteiger partial charge on any atom is -0.483 e. The van der Waals surface area contributed by atoms with E-state index >= 15 is 0 Å². The summed E-state index contributed by atoms with van der Waals surface area (Å²) in [5.41, 5.74) is 4.68. The number of ether oxygens (including phenoxy) is 1. The Morgan fingerprint density at radius 1 is 1.54 bits per heavy atom. The van der Waals surface area contributed by atoms with E-state index in [9.17, 15) is 18.0 Å². The lowest BCUT2D eigenvalue weighted by molar-refractivity contribution is -0.126. The second-order valence-corrected chi connectivity index (χ2v) is 4.96. The standard InChI is InChI=1S/C13H14F3N3O2.CH2O2/c1-13(6-21-5-10(17)19-13)8-4-7(2-3-9(8)14)18-12(20)11(15)16;2-1-3/h2-4,11H,5-6H2,1H3,(H2,17,19)(H,18,20);1H,(H,2,3). The molecule has 0 aromatic heterocycles. The van der Waals surface area contributed by atoms with Gasteiger partial charge in [-0.2, -0.15) is 8.78 Å². The van der Waals surface area contributed by atoms with Crippen molar-refractivity contribution < 1.29 is 32.6 Å². The number of rotatable bonds is 3. The molecule has 1 atom stereocenters. The molecule has 0 saturated carbocycles. The number of hydrogen-bond acceptors (Lipinski definition) is 5. The zero-order chi connectivity index (χ0) is 18.3. The second kappa shape index (κ2) is 8.29. The summed E-state index contributed by atoms with van der Waals surface area (Å²) in [6, 6.07) is 3.52. The molecule has 1 aliphatic rings. The van der Waals surface area contributed by atoms with Crippen molar-refractivity contribution in [3.05, 3.63) is 29.6 Å². The van der Waals surface area contributed by atoms with Crippen LogP contribution in [0.1, 0.15) is 12.5 Å². The van der Waals surface area contributed by atoms with Crippen molar-refractivity contribution in [2.75, 3.05) is 18.5 Å². The van der Waals surface area contributed by atoms with Gasteiger partial charge in [-0.25, -0.2) is 4.39 Å². The van der Waals surface area contributed by atoms with Gasteiger partial charge in [-0.05, 0) is 25.1 Å². The predicted octanol–water partition coefficient (Wildman–Crippen LogP) is 1.33. The Morgan fingerprint density at radius 3 is 2.71 bits per heavy atom. The maximum atomic E-state index is 14.0. The molecule has 24 heavy (non-hydrogen) atoms. The van der Waals surface area contributed by atoms with Gasteiger partial charge in [0.15, 0.2) is 0 Å². The number of carbonyl (C=O) groups is 2. The molecule has 0 saturated heterocycles. The summed E-state index contributed by atoms with van der Waals surface area (Å²) >= 11 is 0. The SMILES string of the molecule is CC1(c2cc(NC(=O)C(F)F)ccc2F)COCC(N)=N1.O=CO. The van der Waals surface area contributed by atoms with Crippen molar-refractivity contribution in [2.24, 2.45) is 10.7 Å². The lowest BCUT2D eigenvalue weighted by atomic mass is 9.92. The predicted molar refractivity (Wildman–Crippen MR) is 79.5 cm³/mol. The number of aliphatic imine (C=N–C) groups is 1. The molecular formula is C14H16F3N3O4. The van der Waals surface area contributed by atoms with Gasteiger partial charge in [0.05, 0.1) is 6.61 Å². The van der Waals surface area contributed by atoms with Gasteiger partial charge in [-0.15, -0.1) is 0 Å². The van der Waals surface area contributed by atoms with Gasteiger partial charge in [-0.1, -0.05) is 0 Å². The molecule has 0 spiro atoms. The Kier molecular flexibility index (Phi) is 6.71. The summed E-state index contributed by atoms with van der Waals surface area (Å²) in [7, 11) is 0. The fourth-order valence-electron chi connectivity index (χ4n) is 2.09. The van der Waals surface area contributed by atoms with Gasteiger partial charge in [0, 0.05) is 11.3 Å². The summed E-state index contributed by atoms with van der Waals surface area (Å²) in [4.78, 5) is 23.5. The van der Waals surface area contributed by atoms with Gasteiger partial charge in [-0.3, -0.25) is 14.6 Å². The Balaban J connectivity index is 0.000000891. The normalized spacial score (nSPS) is 19.8. The minimum absolute atomic E-state index is 0.0530. The zero-order valence-electron chi connectivity index (χ0n) is 12.6. The highest BCUT2D eigenvalue weighted by atomic mass is 19.3. The molecule has 1 aromatic carbocycles. The number of halogens is 3. The summed E-state index contributed by atoms with van der Waals surface area (Å²) in [5.74, 6) is -1.83. The van der Waals surface area contributed by atoms with Crippen LogP contribution in [0.2, 0.25) is 0 Å². The topological polar surface area (TPSA) is 114 Å². The van der Waals surface area contributed by atoms with E-state index in [0.29, 0.717) is 0 Å². The molecular weight excluding hydrogens is 331 g/mol. The van der Waals surface area contributed by atoms with E-state index in [0.717, 1.165) is 6.07 Å². The van der Waals surface area contributed by atoms with Crippen LogP contribution in [0.25, 0.3) is 0 Å². The molecule has 0 fully saturated rings. The molecule has 132 valence electrons. The monoisotopic (exact) mass is 347 g/mol. The van der Waals surface area contributed by atoms with Crippen LogP contribution in [0.3, 0.4) is 0 Å². The number of nitrogens with one attached hydrogen (secondary N) is 1. The Hall–Kier alpha value is -2.62. The van der Waals surface area contributed by atoms with Crippen LogP contribution in [-0.4, -0.2) is 43.0 Å². The number of hydrogen-bond donors (Lipinski definition) is 3. The molecule has 1 aromatic rings. The summed E-state index contributed by atoms with van der Waals surface area (Å²) in [6.45, 7) is 1.60. The van der Waals surface area contributed by atoms with Gasteiger partial charge in [0.1, 0.15) is 23.8 Å². The van der Waals surface area contributed by atoms with Gasteiger partial charge in [0.25, 0.3) is 12.4 Å². The maximum Gasteiger partial charge on any atom is 0.315 e. The molecule has 4 N–H and O–H groups in total. The Morgan fingerprint density at radius 2 is 2.17 bits per heavy atom. The van der Waals surface area contributed by atoms with E-state index < -0.39 is 23.7 Å². The maximum absolute atomic E-state index is 14.0. The first-order chi connectivity index (χ1) is 11.2. The van der Waals surface area contributed by atoms with Crippen molar-refractivity contribution in [3.8, 4) is 0 Å². The van der Waals surface area contributed by atoms with Crippen LogP contribution in [0, 0.1) is 5.82 Å². The van der Waals surface area contributed by atoms with Crippen LogP contribution in [0.15, 0.2) is 23.2 Å². The third kappa shape index (κ3) is 4.95. The fraction of sp³-hybridized carbons (Fsp3) is 0.357. The number of amides is 1. The molecule has 10 heteroatoms. The number of nitrogens with two attached hydrogens (primary N) is 1. The van der Waals surface area contributed by atoms with E-state index in [1.807, 2.05) is 5.32 Å². The average molecular weight is 347 g/mol. The van der Waals surface area contributed by atoms with Crippen LogP contribution in [0.4, 0.5) is 18.9 Å². The van der Waals surface area contributed by atoms with E-state index in [1.165, 1.54) is 12.1 Å². The average Bonchev–Trinajstić information content (AvgIpc) is 2.49. The molecule has 0 bridgehead atoms. The zero-order valence-corrected chi connectivity index (χ0v) is 12.6. The van der Waals surface area contributed by atoms with E-state index in [2.05, 4.69) is 4.99 Å². The highest BCUT2D eigenvalue weighted by Gasteiger charge is 2.33. The van der Waals surface area contributed by atoms with Crippen molar-refractivity contribution in [2.45, 2.75) is 18.9 Å². The number of alkyl halides is 2. The highest BCUT2D eigenvalue weighted by Crippen LogP contribution is 2.32. The van der Waals surface area contributed by atoms with Crippen LogP contribution >= 0.6 is 0 Å². The molecule has 1 unspecified atom stereocenters. The number of benzene rings is 1. The molecule has 0 aliphatic carbocycles.